The highest BCUT2D eigenvalue weighted by Crippen LogP contribution is 2.34. The Bertz CT molecular complexity index is 792. The summed E-state index contributed by atoms with van der Waals surface area (Å²) in [6.07, 6.45) is 0.723. The van der Waals surface area contributed by atoms with E-state index in [1.54, 1.807) is 12.1 Å². The van der Waals surface area contributed by atoms with Crippen LogP contribution in [0.15, 0.2) is 18.2 Å². The molecule has 26 heavy (non-hydrogen) atoms. The number of hydrogen-bond donors (Lipinski definition) is 1. The molecular weight excluding hydrogens is 360 g/mol. The zero-order chi connectivity index (χ0) is 19.5. The number of hydrogen-bond acceptors (Lipinski definition) is 6. The summed E-state index contributed by atoms with van der Waals surface area (Å²) in [5, 5.41) is 2.60. The van der Waals surface area contributed by atoms with Crippen molar-refractivity contribution in [3.8, 4) is 0 Å². The van der Waals surface area contributed by atoms with E-state index in [9.17, 15) is 18.0 Å². The van der Waals surface area contributed by atoms with Gasteiger partial charge in [0.1, 0.15) is 0 Å². The van der Waals surface area contributed by atoms with Crippen molar-refractivity contribution >= 4 is 27.6 Å². The smallest absolute Gasteiger partial charge is 0.338 e. The fourth-order valence-corrected chi connectivity index (χ4v) is 4.20. The van der Waals surface area contributed by atoms with Crippen molar-refractivity contribution < 1.29 is 27.5 Å². The molecule has 1 aliphatic rings. The van der Waals surface area contributed by atoms with Crippen molar-refractivity contribution in [1.82, 2.24) is 5.32 Å². The predicted octanol–water partition coefficient (Wildman–Crippen LogP) is 0.705. The van der Waals surface area contributed by atoms with E-state index in [2.05, 4.69) is 5.32 Å². The molecule has 0 saturated carbocycles. The predicted molar refractivity (Wildman–Crippen MR) is 96.7 cm³/mol. The van der Waals surface area contributed by atoms with Crippen LogP contribution in [0, 0.1) is 0 Å². The summed E-state index contributed by atoms with van der Waals surface area (Å²) in [4.78, 5) is 24.1. The Morgan fingerprint density at radius 2 is 2.08 bits per heavy atom. The van der Waals surface area contributed by atoms with Crippen LogP contribution >= 0.6 is 0 Å². The molecule has 0 aromatic heterocycles. The van der Waals surface area contributed by atoms with Crippen LogP contribution in [0.2, 0.25) is 0 Å². The van der Waals surface area contributed by atoms with Gasteiger partial charge >= 0.3 is 5.97 Å². The molecule has 0 radical (unpaired) electrons. The van der Waals surface area contributed by atoms with Crippen molar-refractivity contribution in [2.45, 2.75) is 32.4 Å². The van der Waals surface area contributed by atoms with Gasteiger partial charge in [-0.15, -0.1) is 0 Å². The summed E-state index contributed by atoms with van der Waals surface area (Å²) in [5.74, 6) is -1.04. The number of rotatable bonds is 7. The van der Waals surface area contributed by atoms with Gasteiger partial charge in [-0.05, 0) is 44.0 Å². The van der Waals surface area contributed by atoms with Crippen LogP contribution in [-0.4, -0.2) is 59.0 Å². The van der Waals surface area contributed by atoms with Crippen LogP contribution in [0.4, 0.5) is 5.69 Å². The minimum Gasteiger partial charge on any atom is -0.449 e. The van der Waals surface area contributed by atoms with Gasteiger partial charge in [0, 0.05) is 19.7 Å². The highest BCUT2D eigenvalue weighted by molar-refractivity contribution is 7.92. The first kappa shape index (κ1) is 20.2. The number of sulfonamides is 1. The number of carbonyl (C=O) groups is 2. The number of methoxy groups -OCH3 is 1. The largest absolute Gasteiger partial charge is 0.449 e. The molecule has 0 fully saturated rings. The summed E-state index contributed by atoms with van der Waals surface area (Å²) in [5.41, 5.74) is 1.61. The van der Waals surface area contributed by atoms with Gasteiger partial charge in [0.25, 0.3) is 5.91 Å². The van der Waals surface area contributed by atoms with Gasteiger partial charge in [0.2, 0.25) is 10.0 Å². The number of esters is 1. The number of ether oxygens (including phenoxy) is 2. The molecule has 1 aliphatic heterocycles. The van der Waals surface area contributed by atoms with E-state index < -0.39 is 28.0 Å². The Balaban J connectivity index is 2.08. The molecule has 8 nitrogen and oxygen atoms in total. The second-order valence-electron chi connectivity index (χ2n) is 6.29. The minimum absolute atomic E-state index is 0.211. The van der Waals surface area contributed by atoms with Gasteiger partial charge < -0.3 is 14.8 Å². The number of nitrogens with zero attached hydrogens (tertiary/aromatic N) is 1. The third kappa shape index (κ3) is 4.53. The second kappa shape index (κ2) is 8.05. The fraction of sp³-hybridized carbons (Fsp3) is 0.529. The molecule has 1 amide bonds. The molecular formula is C17H24N2O6S. The number of amides is 1. The third-order valence-corrected chi connectivity index (χ3v) is 5.36. The summed E-state index contributed by atoms with van der Waals surface area (Å²) >= 11 is 0. The number of benzene rings is 1. The number of anilines is 1. The Hall–Kier alpha value is -2.13. The molecule has 144 valence electrons. The van der Waals surface area contributed by atoms with E-state index in [-0.39, 0.29) is 11.6 Å². The van der Waals surface area contributed by atoms with Crippen molar-refractivity contribution in [1.29, 1.82) is 0 Å². The maximum absolute atomic E-state index is 12.3. The third-order valence-electron chi connectivity index (χ3n) is 4.08. The van der Waals surface area contributed by atoms with Crippen LogP contribution in [-0.2, 0) is 30.7 Å². The highest BCUT2D eigenvalue weighted by atomic mass is 32.2. The lowest BCUT2D eigenvalue weighted by Gasteiger charge is -2.22. The van der Waals surface area contributed by atoms with Crippen LogP contribution < -0.4 is 9.62 Å². The van der Waals surface area contributed by atoms with Gasteiger partial charge in [-0.25, -0.2) is 13.2 Å². The van der Waals surface area contributed by atoms with Gasteiger partial charge in [-0.2, -0.15) is 0 Å². The van der Waals surface area contributed by atoms with E-state index in [4.69, 9.17) is 9.47 Å². The number of fused-ring (bicyclic) bond motifs is 1. The summed E-state index contributed by atoms with van der Waals surface area (Å²) in [6.45, 7) is 3.99. The number of carbonyl (C=O) groups excluding carboxylic acids is 2. The Morgan fingerprint density at radius 1 is 1.38 bits per heavy atom. The van der Waals surface area contributed by atoms with Crippen LogP contribution in [0.25, 0.3) is 0 Å². The highest BCUT2D eigenvalue weighted by Gasteiger charge is 2.33. The van der Waals surface area contributed by atoms with E-state index in [0.717, 1.165) is 11.8 Å². The van der Waals surface area contributed by atoms with Crippen molar-refractivity contribution in [2.75, 3.05) is 30.8 Å². The first-order valence-corrected chi connectivity index (χ1v) is 10.1. The molecule has 1 aromatic rings. The van der Waals surface area contributed by atoms with E-state index in [1.807, 2.05) is 6.92 Å². The van der Waals surface area contributed by atoms with Gasteiger partial charge in [0.15, 0.2) is 6.10 Å². The number of nitrogens with one attached hydrogen (secondary N) is 1. The molecule has 1 N–H and O–H groups in total. The Labute approximate surface area is 153 Å². The van der Waals surface area contributed by atoms with Crippen molar-refractivity contribution in [2.24, 2.45) is 0 Å². The molecule has 0 saturated heterocycles. The molecule has 0 bridgehead atoms. The SMILES string of the molecule is COCCNC(=O)[C@H](C)OC(=O)c1ccc2c(c1)C[C@H](C)N2S(C)(=O)=O. The standard InChI is InChI=1S/C17H24N2O6S/c1-11-9-14-10-13(5-6-15(14)19(11)26(4,22)23)17(21)25-12(2)16(20)18-7-8-24-3/h5-6,10-12H,7-9H2,1-4H3,(H,18,20)/t11-,12-/m0/s1. The van der Waals surface area contributed by atoms with Gasteiger partial charge in [-0.3, -0.25) is 9.10 Å². The molecule has 2 rings (SSSR count). The summed E-state index contributed by atoms with van der Waals surface area (Å²) in [7, 11) is -1.86. The lowest BCUT2D eigenvalue weighted by atomic mass is 10.1. The quantitative estimate of drug-likeness (QED) is 0.549. The second-order valence-corrected chi connectivity index (χ2v) is 8.15. The van der Waals surface area contributed by atoms with Gasteiger partial charge in [-0.1, -0.05) is 0 Å². The van der Waals surface area contributed by atoms with E-state index >= 15 is 0 Å². The maximum Gasteiger partial charge on any atom is 0.338 e. The molecule has 0 spiro atoms. The normalized spacial score (nSPS) is 17.5. The van der Waals surface area contributed by atoms with Crippen molar-refractivity contribution in [3.63, 3.8) is 0 Å². The summed E-state index contributed by atoms with van der Waals surface area (Å²) in [6, 6.07) is 4.51. The average molecular weight is 384 g/mol. The molecule has 1 aromatic carbocycles. The molecule has 9 heteroatoms. The fourth-order valence-electron chi connectivity index (χ4n) is 2.94. The lowest BCUT2D eigenvalue weighted by Crippen LogP contribution is -2.37. The molecule has 0 unspecified atom stereocenters. The van der Waals surface area contributed by atoms with Crippen LogP contribution in [0.5, 0.6) is 0 Å². The van der Waals surface area contributed by atoms with E-state index in [0.29, 0.717) is 25.3 Å². The molecule has 1 heterocycles. The maximum atomic E-state index is 12.3. The van der Waals surface area contributed by atoms with Crippen molar-refractivity contribution in [3.05, 3.63) is 29.3 Å². The summed E-state index contributed by atoms with van der Waals surface area (Å²) < 4.78 is 35.2. The Kier molecular flexibility index (Phi) is 6.25. The van der Waals surface area contributed by atoms with Crippen LogP contribution in [0.3, 0.4) is 0 Å². The van der Waals surface area contributed by atoms with Gasteiger partial charge in [0.05, 0.1) is 24.1 Å². The first-order valence-electron chi connectivity index (χ1n) is 8.25. The zero-order valence-corrected chi connectivity index (χ0v) is 16.1. The lowest BCUT2D eigenvalue weighted by molar-refractivity contribution is -0.129. The Morgan fingerprint density at radius 3 is 2.69 bits per heavy atom. The zero-order valence-electron chi connectivity index (χ0n) is 15.3. The average Bonchev–Trinajstić information content (AvgIpc) is 2.89. The monoisotopic (exact) mass is 384 g/mol. The minimum atomic E-state index is -3.39. The van der Waals surface area contributed by atoms with E-state index in [1.165, 1.54) is 24.4 Å². The first-order chi connectivity index (χ1) is 12.1. The topological polar surface area (TPSA) is 102 Å². The van der Waals surface area contributed by atoms with Crippen LogP contribution in [0.1, 0.15) is 29.8 Å². The molecule has 0 aliphatic carbocycles. The molecule has 2 atom stereocenters.